The quantitative estimate of drug-likeness (QED) is 0.683. The summed E-state index contributed by atoms with van der Waals surface area (Å²) in [4.78, 5) is 0. The van der Waals surface area contributed by atoms with Gasteiger partial charge in [0.2, 0.25) is 0 Å². The summed E-state index contributed by atoms with van der Waals surface area (Å²) < 4.78 is 14.1. The SMILES string of the molecule is CCCNC(Cc1ccc(F)cc1Br)CC1CCCCC1. The molecule has 2 rings (SSSR count). The fourth-order valence-corrected chi connectivity index (χ4v) is 3.88. The van der Waals surface area contributed by atoms with Gasteiger partial charge in [-0.1, -0.05) is 61.0 Å². The van der Waals surface area contributed by atoms with Crippen LogP contribution in [-0.2, 0) is 6.42 Å². The van der Waals surface area contributed by atoms with Gasteiger partial charge in [-0.25, -0.2) is 4.39 Å². The molecule has 1 unspecified atom stereocenters. The lowest BCUT2D eigenvalue weighted by Crippen LogP contribution is -2.34. The first-order chi connectivity index (χ1) is 10.2. The Balaban J connectivity index is 1.97. The van der Waals surface area contributed by atoms with Gasteiger partial charge in [0.05, 0.1) is 0 Å². The fraction of sp³-hybridized carbons (Fsp3) is 0.667. The average Bonchev–Trinajstić information content (AvgIpc) is 2.48. The van der Waals surface area contributed by atoms with Gasteiger partial charge in [0, 0.05) is 10.5 Å². The molecule has 0 aliphatic heterocycles. The maximum absolute atomic E-state index is 13.2. The van der Waals surface area contributed by atoms with Crippen molar-refractivity contribution in [2.75, 3.05) is 6.54 Å². The first kappa shape index (κ1) is 17.0. The van der Waals surface area contributed by atoms with E-state index >= 15 is 0 Å². The second kappa shape index (κ2) is 8.89. The number of rotatable bonds is 7. The average molecular weight is 356 g/mol. The molecule has 0 spiro atoms. The van der Waals surface area contributed by atoms with Crippen LogP contribution in [0.5, 0.6) is 0 Å². The Bertz CT molecular complexity index is 429. The number of hydrogen-bond donors (Lipinski definition) is 1. The molecule has 0 aromatic heterocycles. The van der Waals surface area contributed by atoms with Crippen molar-refractivity contribution in [1.29, 1.82) is 0 Å². The van der Waals surface area contributed by atoms with Crippen molar-refractivity contribution in [3.63, 3.8) is 0 Å². The largest absolute Gasteiger partial charge is 0.314 e. The Hall–Kier alpha value is -0.410. The molecule has 3 heteroatoms. The van der Waals surface area contributed by atoms with Crippen molar-refractivity contribution in [2.45, 2.75) is 64.3 Å². The van der Waals surface area contributed by atoms with Gasteiger partial charge in [-0.2, -0.15) is 0 Å². The van der Waals surface area contributed by atoms with Gasteiger partial charge in [0.15, 0.2) is 0 Å². The molecule has 0 radical (unpaired) electrons. The molecule has 0 amide bonds. The molecule has 1 aliphatic carbocycles. The van der Waals surface area contributed by atoms with E-state index in [0.717, 1.165) is 29.8 Å². The van der Waals surface area contributed by atoms with Crippen LogP contribution in [0.1, 0.15) is 57.4 Å². The summed E-state index contributed by atoms with van der Waals surface area (Å²) in [6, 6.07) is 5.57. The van der Waals surface area contributed by atoms with E-state index in [1.807, 2.05) is 6.07 Å². The van der Waals surface area contributed by atoms with Crippen molar-refractivity contribution in [3.8, 4) is 0 Å². The van der Waals surface area contributed by atoms with E-state index in [2.05, 4.69) is 28.2 Å². The maximum atomic E-state index is 13.2. The molecule has 1 N–H and O–H groups in total. The first-order valence-electron chi connectivity index (χ1n) is 8.36. The van der Waals surface area contributed by atoms with Crippen LogP contribution in [0, 0.1) is 11.7 Å². The lowest BCUT2D eigenvalue weighted by Gasteiger charge is -2.27. The van der Waals surface area contributed by atoms with Gasteiger partial charge in [-0.15, -0.1) is 0 Å². The van der Waals surface area contributed by atoms with E-state index in [-0.39, 0.29) is 5.82 Å². The Kier molecular flexibility index (Phi) is 7.18. The molecule has 118 valence electrons. The molecule has 1 aromatic carbocycles. The third-order valence-corrected chi connectivity index (χ3v) is 5.25. The van der Waals surface area contributed by atoms with Crippen LogP contribution in [0.2, 0.25) is 0 Å². The van der Waals surface area contributed by atoms with E-state index < -0.39 is 0 Å². The fourth-order valence-electron chi connectivity index (χ4n) is 3.37. The highest BCUT2D eigenvalue weighted by molar-refractivity contribution is 9.10. The molecule has 1 nitrogen and oxygen atoms in total. The lowest BCUT2D eigenvalue weighted by atomic mass is 9.83. The summed E-state index contributed by atoms with van der Waals surface area (Å²) in [7, 11) is 0. The predicted molar refractivity (Wildman–Crippen MR) is 91.1 cm³/mol. The third-order valence-electron chi connectivity index (χ3n) is 4.51. The van der Waals surface area contributed by atoms with Crippen LogP contribution in [0.3, 0.4) is 0 Å². The van der Waals surface area contributed by atoms with Gasteiger partial charge >= 0.3 is 0 Å². The highest BCUT2D eigenvalue weighted by atomic mass is 79.9. The van der Waals surface area contributed by atoms with Gasteiger partial charge < -0.3 is 5.32 Å². The van der Waals surface area contributed by atoms with E-state index in [0.29, 0.717) is 6.04 Å². The molecule has 1 fully saturated rings. The molecule has 0 saturated heterocycles. The molecule has 1 aromatic rings. The highest BCUT2D eigenvalue weighted by Crippen LogP contribution is 2.29. The van der Waals surface area contributed by atoms with Crippen LogP contribution >= 0.6 is 15.9 Å². The van der Waals surface area contributed by atoms with E-state index in [9.17, 15) is 4.39 Å². The van der Waals surface area contributed by atoms with Crippen molar-refractivity contribution >= 4 is 15.9 Å². The van der Waals surface area contributed by atoms with Gasteiger partial charge in [0.25, 0.3) is 0 Å². The minimum Gasteiger partial charge on any atom is -0.314 e. The lowest BCUT2D eigenvalue weighted by molar-refractivity contribution is 0.296. The zero-order chi connectivity index (χ0) is 15.1. The topological polar surface area (TPSA) is 12.0 Å². The molecule has 1 atom stereocenters. The number of nitrogens with one attached hydrogen (secondary N) is 1. The second-order valence-electron chi connectivity index (χ2n) is 6.33. The number of halogens is 2. The zero-order valence-corrected chi connectivity index (χ0v) is 14.6. The highest BCUT2D eigenvalue weighted by Gasteiger charge is 2.19. The normalized spacial score (nSPS) is 17.9. The molecular weight excluding hydrogens is 329 g/mol. The summed E-state index contributed by atoms with van der Waals surface area (Å²) in [5.41, 5.74) is 1.21. The van der Waals surface area contributed by atoms with E-state index in [4.69, 9.17) is 0 Å². The maximum Gasteiger partial charge on any atom is 0.124 e. The predicted octanol–water partition coefficient (Wildman–Crippen LogP) is 5.47. The van der Waals surface area contributed by atoms with Gasteiger partial charge in [-0.05, 0) is 49.4 Å². The summed E-state index contributed by atoms with van der Waals surface area (Å²) >= 11 is 3.50. The minimum absolute atomic E-state index is 0.170. The number of hydrogen-bond acceptors (Lipinski definition) is 1. The minimum atomic E-state index is -0.170. The van der Waals surface area contributed by atoms with Crippen LogP contribution in [-0.4, -0.2) is 12.6 Å². The van der Waals surface area contributed by atoms with Crippen molar-refractivity contribution in [1.82, 2.24) is 5.32 Å². The van der Waals surface area contributed by atoms with E-state index in [1.165, 1.54) is 44.1 Å². The van der Waals surface area contributed by atoms with Crippen molar-refractivity contribution < 1.29 is 4.39 Å². The molecular formula is C18H27BrFN. The molecule has 0 bridgehead atoms. The van der Waals surface area contributed by atoms with Crippen molar-refractivity contribution in [2.24, 2.45) is 5.92 Å². The Morgan fingerprint density at radius 3 is 2.71 bits per heavy atom. The Morgan fingerprint density at radius 1 is 1.29 bits per heavy atom. The van der Waals surface area contributed by atoms with Crippen LogP contribution < -0.4 is 5.32 Å². The van der Waals surface area contributed by atoms with Gasteiger partial charge in [0.1, 0.15) is 5.82 Å². The summed E-state index contributed by atoms with van der Waals surface area (Å²) in [5, 5.41) is 3.69. The first-order valence-corrected chi connectivity index (χ1v) is 9.15. The van der Waals surface area contributed by atoms with Crippen LogP contribution in [0.25, 0.3) is 0 Å². The Morgan fingerprint density at radius 2 is 2.05 bits per heavy atom. The molecule has 1 saturated carbocycles. The smallest absolute Gasteiger partial charge is 0.124 e. The van der Waals surface area contributed by atoms with Gasteiger partial charge in [-0.3, -0.25) is 0 Å². The van der Waals surface area contributed by atoms with Crippen molar-refractivity contribution in [3.05, 3.63) is 34.1 Å². The summed E-state index contributed by atoms with van der Waals surface area (Å²) in [5.74, 6) is 0.698. The monoisotopic (exact) mass is 355 g/mol. The number of benzene rings is 1. The van der Waals surface area contributed by atoms with Crippen LogP contribution in [0.15, 0.2) is 22.7 Å². The third kappa shape index (κ3) is 5.71. The van der Waals surface area contributed by atoms with E-state index in [1.54, 1.807) is 12.1 Å². The molecule has 21 heavy (non-hydrogen) atoms. The molecule has 0 heterocycles. The second-order valence-corrected chi connectivity index (χ2v) is 7.18. The Labute approximate surface area is 136 Å². The van der Waals surface area contributed by atoms with Crippen LogP contribution in [0.4, 0.5) is 4.39 Å². The zero-order valence-electron chi connectivity index (χ0n) is 13.0. The summed E-state index contributed by atoms with van der Waals surface area (Å²) in [6.07, 6.45) is 10.4. The summed E-state index contributed by atoms with van der Waals surface area (Å²) in [6.45, 7) is 3.27. The molecule has 1 aliphatic rings. The standard InChI is InChI=1S/C18H27BrFN/c1-2-10-21-17(11-14-6-4-3-5-7-14)12-15-8-9-16(20)13-18(15)19/h8-9,13-14,17,21H,2-7,10-12H2,1H3.